The van der Waals surface area contributed by atoms with Crippen LogP contribution in [0.25, 0.3) is 10.9 Å². The number of hydrogen-bond donors (Lipinski definition) is 4. The van der Waals surface area contributed by atoms with Gasteiger partial charge in [0.2, 0.25) is 10.0 Å². The Morgan fingerprint density at radius 1 is 1.11 bits per heavy atom. The minimum absolute atomic E-state index is 0.0118. The number of hydrogen-bond acceptors (Lipinski definition) is 5. The van der Waals surface area contributed by atoms with Crippen molar-refractivity contribution in [3.63, 3.8) is 0 Å². The first kappa shape index (κ1) is 25.3. The van der Waals surface area contributed by atoms with Crippen LogP contribution in [-0.4, -0.2) is 24.4 Å². The van der Waals surface area contributed by atoms with Crippen LogP contribution < -0.4 is 21.7 Å². The molecule has 1 unspecified atom stereocenters. The summed E-state index contributed by atoms with van der Waals surface area (Å²) in [6.45, 7) is 2.54. The molecular formula is C25H31FN4O4S. The highest BCUT2D eigenvalue weighted by atomic mass is 32.2. The van der Waals surface area contributed by atoms with Crippen LogP contribution in [-0.2, 0) is 16.6 Å². The van der Waals surface area contributed by atoms with E-state index >= 15 is 0 Å². The van der Waals surface area contributed by atoms with Crippen molar-refractivity contribution in [2.24, 2.45) is 11.1 Å². The second-order valence-electron chi connectivity index (χ2n) is 9.52. The van der Waals surface area contributed by atoms with Gasteiger partial charge in [0.25, 0.3) is 5.56 Å². The molecule has 2 aromatic carbocycles. The van der Waals surface area contributed by atoms with Gasteiger partial charge < -0.3 is 10.3 Å². The van der Waals surface area contributed by atoms with E-state index in [1.807, 2.05) is 17.1 Å². The molecule has 1 aliphatic carbocycles. The van der Waals surface area contributed by atoms with Crippen LogP contribution in [0.5, 0.6) is 0 Å². The van der Waals surface area contributed by atoms with E-state index in [0.29, 0.717) is 18.0 Å². The third kappa shape index (κ3) is 5.88. The Bertz CT molecular complexity index is 1430. The Hall–Kier alpha value is -2.82. The maximum Gasteiger partial charge on any atom is 0.326 e. The molecule has 0 amide bonds. The number of sulfonamides is 1. The molecule has 1 saturated carbocycles. The van der Waals surface area contributed by atoms with E-state index in [2.05, 4.69) is 17.2 Å². The summed E-state index contributed by atoms with van der Waals surface area (Å²) in [5.74, 6) is -0.213. The van der Waals surface area contributed by atoms with Crippen molar-refractivity contribution in [3.8, 4) is 0 Å². The summed E-state index contributed by atoms with van der Waals surface area (Å²) in [6.07, 6.45) is 7.39. The Labute approximate surface area is 203 Å². The van der Waals surface area contributed by atoms with Crippen molar-refractivity contribution in [1.82, 2.24) is 15.3 Å². The van der Waals surface area contributed by atoms with Crippen LogP contribution in [0.4, 0.5) is 4.39 Å². The molecule has 1 fully saturated rings. The third-order valence-corrected chi connectivity index (χ3v) is 8.03. The van der Waals surface area contributed by atoms with Crippen LogP contribution in [0.3, 0.4) is 0 Å². The zero-order valence-electron chi connectivity index (χ0n) is 19.6. The summed E-state index contributed by atoms with van der Waals surface area (Å²) in [5, 5.41) is 7.58. The molecule has 35 heavy (non-hydrogen) atoms. The van der Waals surface area contributed by atoms with E-state index in [4.69, 9.17) is 5.14 Å². The van der Waals surface area contributed by atoms with Gasteiger partial charge in [0.05, 0.1) is 10.9 Å². The van der Waals surface area contributed by atoms with E-state index in [9.17, 15) is 22.4 Å². The number of rotatable bonds is 8. The number of primary sulfonamides is 1. The van der Waals surface area contributed by atoms with Gasteiger partial charge in [0, 0.05) is 12.6 Å². The first-order chi connectivity index (χ1) is 16.6. The lowest BCUT2D eigenvalue weighted by Gasteiger charge is -2.26. The smallest absolute Gasteiger partial charge is 0.310 e. The Morgan fingerprint density at radius 3 is 2.54 bits per heavy atom. The van der Waals surface area contributed by atoms with E-state index in [1.54, 1.807) is 12.1 Å². The quantitative estimate of drug-likeness (QED) is 0.375. The standard InChI is InChI=1S/C25H31FN4O4S/c1-15(11-16-7-3-2-4-8-16)28-14-17-9-5-6-10-19(17)23(35(27,33)34)18-12-20-22(21(26)13-18)29-25(32)30-24(20)31/h5-6,9-10,12-13,15-16,23,28H,2-4,7-8,11,14H2,1H3,(H2,27,33,34)(H2,29,30,31,32)/t15-,23?/m0/s1. The lowest BCUT2D eigenvalue weighted by molar-refractivity contribution is 0.304. The van der Waals surface area contributed by atoms with Crippen molar-refractivity contribution in [3.05, 3.63) is 79.7 Å². The van der Waals surface area contributed by atoms with Crippen molar-refractivity contribution in [2.75, 3.05) is 0 Å². The van der Waals surface area contributed by atoms with Crippen LogP contribution in [0.2, 0.25) is 0 Å². The number of aromatic nitrogens is 2. The van der Waals surface area contributed by atoms with E-state index in [0.717, 1.165) is 18.1 Å². The van der Waals surface area contributed by atoms with Crippen LogP contribution in [0.1, 0.15) is 67.4 Å². The molecule has 3 aromatic rings. The second-order valence-corrected chi connectivity index (χ2v) is 11.2. The summed E-state index contributed by atoms with van der Waals surface area (Å²) in [6, 6.07) is 9.48. The number of fused-ring (bicyclic) bond motifs is 1. The molecule has 1 heterocycles. The predicted octanol–water partition coefficient (Wildman–Crippen LogP) is 3.18. The molecule has 0 radical (unpaired) electrons. The third-order valence-electron chi connectivity index (χ3n) is 6.84. The van der Waals surface area contributed by atoms with Crippen molar-refractivity contribution in [2.45, 2.75) is 63.3 Å². The number of nitrogens with one attached hydrogen (secondary N) is 3. The summed E-state index contributed by atoms with van der Waals surface area (Å²) in [7, 11) is -4.24. The first-order valence-corrected chi connectivity index (χ1v) is 13.5. The SMILES string of the molecule is C[C@@H](CC1CCCCC1)NCc1ccccc1C(c1cc(F)c2[nH]c(=O)[nH]c(=O)c2c1)S(N)(=O)=O. The molecular weight excluding hydrogens is 471 g/mol. The van der Waals surface area contributed by atoms with Gasteiger partial charge in [-0.25, -0.2) is 22.7 Å². The van der Waals surface area contributed by atoms with Crippen LogP contribution in [0.15, 0.2) is 46.0 Å². The minimum Gasteiger partial charge on any atom is -0.310 e. The number of benzene rings is 2. The zero-order chi connectivity index (χ0) is 25.2. The second kappa shape index (κ2) is 10.4. The predicted molar refractivity (Wildman–Crippen MR) is 134 cm³/mol. The summed E-state index contributed by atoms with van der Waals surface area (Å²) < 4.78 is 40.4. The van der Waals surface area contributed by atoms with Crippen molar-refractivity contribution in [1.29, 1.82) is 0 Å². The summed E-state index contributed by atoms with van der Waals surface area (Å²) in [5.41, 5.74) is -0.815. The molecule has 5 N–H and O–H groups in total. The lowest BCUT2D eigenvalue weighted by Crippen LogP contribution is -2.30. The molecule has 0 saturated heterocycles. The summed E-state index contributed by atoms with van der Waals surface area (Å²) in [4.78, 5) is 28.1. The molecule has 8 nitrogen and oxygen atoms in total. The van der Waals surface area contributed by atoms with Gasteiger partial charge in [-0.3, -0.25) is 9.78 Å². The van der Waals surface area contributed by atoms with Crippen LogP contribution in [0, 0.1) is 11.7 Å². The maximum atomic E-state index is 14.9. The van der Waals surface area contributed by atoms with Gasteiger partial charge in [0.15, 0.2) is 0 Å². The van der Waals surface area contributed by atoms with Crippen molar-refractivity contribution >= 4 is 20.9 Å². The summed E-state index contributed by atoms with van der Waals surface area (Å²) >= 11 is 0. The molecule has 10 heteroatoms. The number of aromatic amines is 2. The van der Waals surface area contributed by atoms with Gasteiger partial charge in [-0.05, 0) is 48.1 Å². The normalized spacial score (nSPS) is 16.9. The lowest BCUT2D eigenvalue weighted by atomic mass is 9.85. The highest BCUT2D eigenvalue weighted by molar-refractivity contribution is 7.89. The molecule has 0 spiro atoms. The molecule has 0 bridgehead atoms. The largest absolute Gasteiger partial charge is 0.326 e. The average molecular weight is 503 g/mol. The van der Waals surface area contributed by atoms with Gasteiger partial charge in [-0.2, -0.15) is 0 Å². The Kier molecular flexibility index (Phi) is 7.53. The zero-order valence-corrected chi connectivity index (χ0v) is 20.5. The van der Waals surface area contributed by atoms with Gasteiger partial charge in [0.1, 0.15) is 11.1 Å². The molecule has 1 aromatic heterocycles. The molecule has 188 valence electrons. The molecule has 4 rings (SSSR count). The van der Waals surface area contributed by atoms with Gasteiger partial charge in [-0.1, -0.05) is 56.4 Å². The van der Waals surface area contributed by atoms with Gasteiger partial charge in [-0.15, -0.1) is 0 Å². The first-order valence-electron chi connectivity index (χ1n) is 11.9. The van der Waals surface area contributed by atoms with E-state index in [-0.39, 0.29) is 22.5 Å². The average Bonchev–Trinajstić information content (AvgIpc) is 2.79. The molecule has 0 aliphatic heterocycles. The highest BCUT2D eigenvalue weighted by Crippen LogP contribution is 2.33. The molecule has 1 aliphatic rings. The fourth-order valence-electron chi connectivity index (χ4n) is 5.19. The monoisotopic (exact) mass is 502 g/mol. The molecule has 2 atom stereocenters. The number of nitrogens with two attached hydrogens (primary N) is 1. The van der Waals surface area contributed by atoms with E-state index in [1.165, 1.54) is 38.2 Å². The fraction of sp³-hybridized carbons (Fsp3) is 0.440. The topological polar surface area (TPSA) is 138 Å². The van der Waals surface area contributed by atoms with Gasteiger partial charge >= 0.3 is 5.69 Å². The number of halogens is 1. The van der Waals surface area contributed by atoms with Crippen LogP contribution >= 0.6 is 0 Å². The Balaban J connectivity index is 1.68. The Morgan fingerprint density at radius 2 is 1.83 bits per heavy atom. The highest BCUT2D eigenvalue weighted by Gasteiger charge is 2.29. The van der Waals surface area contributed by atoms with Crippen molar-refractivity contribution < 1.29 is 12.8 Å². The minimum atomic E-state index is -4.24. The fourth-order valence-corrected chi connectivity index (χ4v) is 6.29. The number of H-pyrrole nitrogens is 2. The maximum absolute atomic E-state index is 14.9. The van der Waals surface area contributed by atoms with E-state index < -0.39 is 32.3 Å².